The number of nitrogens with zero attached hydrogens (tertiary/aromatic N) is 2. The number of benzene rings is 3. The first-order valence-corrected chi connectivity index (χ1v) is 18.4. The molecule has 242 valence electrons. The van der Waals surface area contributed by atoms with Gasteiger partial charge in [-0.2, -0.15) is 0 Å². The summed E-state index contributed by atoms with van der Waals surface area (Å²) in [7, 11) is -4.21. The molecule has 0 aliphatic heterocycles. The molecule has 1 saturated carbocycles. The number of anilines is 1. The first-order valence-electron chi connectivity index (χ1n) is 15.0. The van der Waals surface area contributed by atoms with Crippen molar-refractivity contribution in [1.29, 1.82) is 0 Å². The van der Waals surface area contributed by atoms with Crippen molar-refractivity contribution in [3.05, 3.63) is 82.3 Å². The number of hydrogen-bond acceptors (Lipinski definition) is 6. The van der Waals surface area contributed by atoms with E-state index in [0.29, 0.717) is 28.0 Å². The molecule has 1 aliphatic rings. The standard InChI is InChI=1S/C33H39Cl2N3O5S2/c1-4-43-26-15-13-25(14-16-26)38(45(41,42)28-19-17-27(44-3)18-20-28)22-32(39)37(21-29-30(34)11-8-12-31(29)35)23(2)33(40)36-24-9-6-5-7-10-24/h8,11-20,23-24H,4-7,9-10,21-22H2,1-3H3,(H,36,40)/t23-/m0/s1. The minimum absolute atomic E-state index is 0.0274. The van der Waals surface area contributed by atoms with Crippen LogP contribution in [0.5, 0.6) is 5.75 Å². The fourth-order valence-corrected chi connectivity index (χ4v) is 7.62. The summed E-state index contributed by atoms with van der Waals surface area (Å²) in [6.45, 7) is 3.28. The molecule has 0 spiro atoms. The molecular weight excluding hydrogens is 653 g/mol. The monoisotopic (exact) mass is 691 g/mol. The highest BCUT2D eigenvalue weighted by Gasteiger charge is 2.34. The van der Waals surface area contributed by atoms with Gasteiger partial charge in [-0.05, 0) is 93.6 Å². The van der Waals surface area contributed by atoms with Crippen molar-refractivity contribution in [2.75, 3.05) is 23.7 Å². The summed E-state index contributed by atoms with van der Waals surface area (Å²) < 4.78 is 34.9. The predicted octanol–water partition coefficient (Wildman–Crippen LogP) is 7.18. The number of amides is 2. The van der Waals surface area contributed by atoms with E-state index in [4.69, 9.17) is 27.9 Å². The van der Waals surface area contributed by atoms with Crippen LogP contribution < -0.4 is 14.4 Å². The van der Waals surface area contributed by atoms with E-state index >= 15 is 0 Å². The Morgan fingerprint density at radius 3 is 2.18 bits per heavy atom. The van der Waals surface area contributed by atoms with Gasteiger partial charge in [0, 0.05) is 33.1 Å². The number of carbonyl (C=O) groups is 2. The van der Waals surface area contributed by atoms with E-state index in [1.165, 1.54) is 28.8 Å². The minimum atomic E-state index is -4.21. The summed E-state index contributed by atoms with van der Waals surface area (Å²) in [5, 5.41) is 3.77. The highest BCUT2D eigenvalue weighted by molar-refractivity contribution is 7.98. The Balaban J connectivity index is 1.71. The van der Waals surface area contributed by atoms with E-state index in [1.807, 2.05) is 13.2 Å². The Bertz CT molecular complexity index is 1540. The van der Waals surface area contributed by atoms with Gasteiger partial charge in [0.1, 0.15) is 18.3 Å². The maximum atomic E-state index is 14.3. The molecule has 1 fully saturated rings. The zero-order chi connectivity index (χ0) is 32.6. The number of hydrogen-bond donors (Lipinski definition) is 1. The lowest BCUT2D eigenvalue weighted by Crippen LogP contribution is -2.53. The van der Waals surface area contributed by atoms with Crippen molar-refractivity contribution < 1.29 is 22.7 Å². The van der Waals surface area contributed by atoms with Crippen molar-refractivity contribution in [1.82, 2.24) is 10.2 Å². The average Bonchev–Trinajstić information content (AvgIpc) is 3.04. The first kappa shape index (κ1) is 34.9. The van der Waals surface area contributed by atoms with Crippen LogP contribution in [0.1, 0.15) is 51.5 Å². The van der Waals surface area contributed by atoms with Crippen LogP contribution in [-0.4, -0.2) is 56.6 Å². The summed E-state index contributed by atoms with van der Waals surface area (Å²) >= 11 is 14.5. The number of halogens is 2. The smallest absolute Gasteiger partial charge is 0.264 e. The second-order valence-corrected chi connectivity index (χ2v) is 14.4. The lowest BCUT2D eigenvalue weighted by atomic mass is 9.95. The van der Waals surface area contributed by atoms with Gasteiger partial charge in [0.15, 0.2) is 0 Å². The number of nitrogens with one attached hydrogen (secondary N) is 1. The average molecular weight is 693 g/mol. The molecule has 3 aromatic rings. The van der Waals surface area contributed by atoms with E-state index in [0.717, 1.165) is 41.3 Å². The van der Waals surface area contributed by atoms with Crippen LogP contribution in [-0.2, 0) is 26.2 Å². The molecule has 0 bridgehead atoms. The van der Waals surface area contributed by atoms with E-state index in [2.05, 4.69) is 5.32 Å². The van der Waals surface area contributed by atoms with Crippen molar-refractivity contribution in [3.8, 4) is 5.75 Å². The van der Waals surface area contributed by atoms with E-state index in [9.17, 15) is 18.0 Å². The van der Waals surface area contributed by atoms with Crippen molar-refractivity contribution in [2.24, 2.45) is 0 Å². The SMILES string of the molecule is CCOc1ccc(N(CC(=O)N(Cc2c(Cl)cccc2Cl)[C@@H](C)C(=O)NC2CCCCC2)S(=O)(=O)c2ccc(SC)cc2)cc1. The fraction of sp³-hybridized carbons (Fsp3) is 0.394. The number of sulfonamides is 1. The van der Waals surface area contributed by atoms with Crippen molar-refractivity contribution in [3.63, 3.8) is 0 Å². The lowest BCUT2D eigenvalue weighted by Gasteiger charge is -2.33. The van der Waals surface area contributed by atoms with Gasteiger partial charge in [-0.25, -0.2) is 8.42 Å². The van der Waals surface area contributed by atoms with Gasteiger partial charge in [-0.3, -0.25) is 13.9 Å². The minimum Gasteiger partial charge on any atom is -0.494 e. The van der Waals surface area contributed by atoms with Gasteiger partial charge in [0.05, 0.1) is 17.2 Å². The number of thioether (sulfide) groups is 1. The van der Waals surface area contributed by atoms with Crippen molar-refractivity contribution >= 4 is 62.5 Å². The third-order valence-corrected chi connectivity index (χ3v) is 11.1. The molecule has 2 amide bonds. The zero-order valence-electron chi connectivity index (χ0n) is 25.7. The topological polar surface area (TPSA) is 96.0 Å². The van der Waals surface area contributed by atoms with Crippen LogP contribution in [0.2, 0.25) is 10.0 Å². The van der Waals surface area contributed by atoms with Crippen LogP contribution in [0.15, 0.2) is 76.5 Å². The second-order valence-electron chi connectivity index (χ2n) is 10.9. The Hall–Kier alpha value is -2.92. The highest BCUT2D eigenvalue weighted by Crippen LogP contribution is 2.30. The molecule has 4 rings (SSSR count). The molecule has 45 heavy (non-hydrogen) atoms. The summed E-state index contributed by atoms with van der Waals surface area (Å²) in [6.07, 6.45) is 6.85. The van der Waals surface area contributed by atoms with Crippen LogP contribution in [0.4, 0.5) is 5.69 Å². The van der Waals surface area contributed by atoms with Gasteiger partial charge in [-0.1, -0.05) is 48.5 Å². The maximum absolute atomic E-state index is 14.3. The van der Waals surface area contributed by atoms with E-state index in [1.54, 1.807) is 61.5 Å². The number of carbonyl (C=O) groups excluding carboxylic acids is 2. The molecule has 0 radical (unpaired) electrons. The van der Waals surface area contributed by atoms with Gasteiger partial charge in [-0.15, -0.1) is 11.8 Å². The normalized spacial score (nSPS) is 14.4. The molecule has 0 aromatic heterocycles. The predicted molar refractivity (Wildman–Crippen MR) is 182 cm³/mol. The van der Waals surface area contributed by atoms with Gasteiger partial charge in [0.2, 0.25) is 11.8 Å². The zero-order valence-corrected chi connectivity index (χ0v) is 28.8. The molecule has 1 atom stereocenters. The van der Waals surface area contributed by atoms with Crippen LogP contribution in [0.3, 0.4) is 0 Å². The Kier molecular flexibility index (Phi) is 12.5. The Labute approximate surface area is 280 Å². The number of ether oxygens (including phenoxy) is 1. The quantitative estimate of drug-likeness (QED) is 0.191. The Morgan fingerprint density at radius 1 is 0.978 bits per heavy atom. The second kappa shape index (κ2) is 16.1. The van der Waals surface area contributed by atoms with Crippen LogP contribution in [0, 0.1) is 0 Å². The molecule has 12 heteroatoms. The third kappa shape index (κ3) is 8.87. The fourth-order valence-electron chi connectivity index (χ4n) is 5.28. The van der Waals surface area contributed by atoms with Gasteiger partial charge >= 0.3 is 0 Å². The molecule has 0 saturated heterocycles. The van der Waals surface area contributed by atoms with Gasteiger partial charge in [0.25, 0.3) is 10.0 Å². The molecule has 8 nitrogen and oxygen atoms in total. The largest absolute Gasteiger partial charge is 0.494 e. The van der Waals surface area contributed by atoms with Crippen molar-refractivity contribution in [2.45, 2.75) is 74.4 Å². The van der Waals surface area contributed by atoms with Gasteiger partial charge < -0.3 is 15.0 Å². The first-order chi connectivity index (χ1) is 21.5. The summed E-state index contributed by atoms with van der Waals surface area (Å²) in [5.74, 6) is -0.339. The molecule has 3 aromatic carbocycles. The molecule has 1 aliphatic carbocycles. The van der Waals surface area contributed by atoms with E-state index in [-0.39, 0.29) is 29.1 Å². The maximum Gasteiger partial charge on any atom is 0.264 e. The van der Waals surface area contributed by atoms with Crippen LogP contribution in [0.25, 0.3) is 0 Å². The summed E-state index contributed by atoms with van der Waals surface area (Å²) in [6, 6.07) is 17.1. The molecule has 1 N–H and O–H groups in total. The van der Waals surface area contributed by atoms with E-state index < -0.39 is 28.5 Å². The highest BCUT2D eigenvalue weighted by atomic mass is 35.5. The molecular formula is C33H39Cl2N3O5S2. The molecule has 0 heterocycles. The summed E-state index contributed by atoms with van der Waals surface area (Å²) in [4.78, 5) is 30.1. The number of rotatable bonds is 13. The lowest BCUT2D eigenvalue weighted by molar-refractivity contribution is -0.139. The third-order valence-electron chi connectivity index (χ3n) is 7.87. The Morgan fingerprint density at radius 2 is 1.60 bits per heavy atom. The summed E-state index contributed by atoms with van der Waals surface area (Å²) in [5.41, 5.74) is 0.741. The van der Waals surface area contributed by atoms with Crippen LogP contribution >= 0.6 is 35.0 Å². The molecule has 0 unspecified atom stereocenters.